The topological polar surface area (TPSA) is 54.5 Å². The molecule has 0 N–H and O–H groups in total. The average molecular weight is 319 g/mol. The normalized spacial score (nSPS) is 26.6. The molecule has 4 nitrogen and oxygen atoms in total. The highest BCUT2D eigenvalue weighted by Crippen LogP contribution is 2.46. The first-order valence-electron chi connectivity index (χ1n) is 8.16. The highest BCUT2D eigenvalue weighted by Gasteiger charge is 2.54. The van der Waals surface area contributed by atoms with Crippen molar-refractivity contribution in [2.24, 2.45) is 11.8 Å². The molecule has 1 aliphatic heterocycles. The zero-order chi connectivity index (χ0) is 16.7. The molecular formula is C20H17NO3. The summed E-state index contributed by atoms with van der Waals surface area (Å²) >= 11 is 0. The summed E-state index contributed by atoms with van der Waals surface area (Å²) in [5.41, 5.74) is 1.54. The van der Waals surface area contributed by atoms with Gasteiger partial charge in [0, 0.05) is 18.8 Å². The van der Waals surface area contributed by atoms with Crippen LogP contribution in [0.25, 0.3) is 0 Å². The van der Waals surface area contributed by atoms with E-state index >= 15 is 0 Å². The third-order valence-corrected chi connectivity index (χ3v) is 5.05. The molecular weight excluding hydrogens is 302 g/mol. The Labute approximate surface area is 140 Å². The second kappa shape index (κ2) is 5.71. The van der Waals surface area contributed by atoms with Gasteiger partial charge in [0.2, 0.25) is 11.8 Å². The lowest BCUT2D eigenvalue weighted by Crippen LogP contribution is -2.34. The number of rotatable bonds is 2. The molecule has 0 spiro atoms. The Morgan fingerprint density at radius 1 is 0.708 bits per heavy atom. The first-order valence-corrected chi connectivity index (χ1v) is 8.16. The highest BCUT2D eigenvalue weighted by atomic mass is 16.2. The largest absolute Gasteiger partial charge is 0.300 e. The molecule has 24 heavy (non-hydrogen) atoms. The van der Waals surface area contributed by atoms with Crippen LogP contribution >= 0.6 is 0 Å². The number of carbonyl (C=O) groups excluding carboxylic acids is 3. The fraction of sp³-hybridized carbons (Fsp3) is 0.250. The standard InChI is InChI=1S/C20H17NO3/c22-15-11-16(13-7-3-1-4-8-13)18-17(12-15)19(23)21(20(18)24)14-9-5-2-6-10-14/h1-10,16-18H,11-12H2/t16-,17-,18+/m0/s1. The summed E-state index contributed by atoms with van der Waals surface area (Å²) in [5.74, 6) is -1.58. The van der Waals surface area contributed by atoms with Crippen LogP contribution in [0.1, 0.15) is 24.3 Å². The quantitative estimate of drug-likeness (QED) is 0.800. The minimum absolute atomic E-state index is 0.0566. The molecule has 2 aromatic rings. The molecule has 4 heteroatoms. The summed E-state index contributed by atoms with van der Waals surface area (Å²) in [5, 5.41) is 0. The molecule has 1 aliphatic carbocycles. The fourth-order valence-corrected chi connectivity index (χ4v) is 3.97. The fourth-order valence-electron chi connectivity index (χ4n) is 3.97. The number of amides is 2. The summed E-state index contributed by atoms with van der Waals surface area (Å²) in [6.45, 7) is 0. The van der Waals surface area contributed by atoms with Crippen molar-refractivity contribution < 1.29 is 14.4 Å². The first kappa shape index (κ1) is 14.8. The Balaban J connectivity index is 1.76. The van der Waals surface area contributed by atoms with Crippen LogP contribution in [-0.4, -0.2) is 17.6 Å². The highest BCUT2D eigenvalue weighted by molar-refractivity contribution is 6.23. The summed E-state index contributed by atoms with van der Waals surface area (Å²) in [7, 11) is 0. The van der Waals surface area contributed by atoms with E-state index in [0.29, 0.717) is 12.1 Å². The number of Topliss-reactive ketones (excluding diaryl/α,β-unsaturated/α-hetero) is 1. The van der Waals surface area contributed by atoms with E-state index in [1.165, 1.54) is 4.90 Å². The van der Waals surface area contributed by atoms with Gasteiger partial charge < -0.3 is 0 Å². The predicted molar refractivity (Wildman–Crippen MR) is 89.3 cm³/mol. The van der Waals surface area contributed by atoms with Gasteiger partial charge in [-0.1, -0.05) is 48.5 Å². The average Bonchev–Trinajstić information content (AvgIpc) is 2.86. The van der Waals surface area contributed by atoms with Gasteiger partial charge in [-0.2, -0.15) is 0 Å². The van der Waals surface area contributed by atoms with Gasteiger partial charge in [-0.05, 0) is 17.7 Å². The van der Waals surface area contributed by atoms with Crippen LogP contribution in [0.4, 0.5) is 5.69 Å². The van der Waals surface area contributed by atoms with Crippen molar-refractivity contribution in [2.45, 2.75) is 18.8 Å². The Kier molecular flexibility index (Phi) is 3.53. The number of hydrogen-bond acceptors (Lipinski definition) is 3. The number of ketones is 1. The van der Waals surface area contributed by atoms with Gasteiger partial charge >= 0.3 is 0 Å². The van der Waals surface area contributed by atoms with Crippen molar-refractivity contribution in [3.63, 3.8) is 0 Å². The van der Waals surface area contributed by atoms with E-state index in [-0.39, 0.29) is 29.9 Å². The molecule has 120 valence electrons. The van der Waals surface area contributed by atoms with Gasteiger partial charge in [0.1, 0.15) is 5.78 Å². The third-order valence-electron chi connectivity index (χ3n) is 5.05. The summed E-state index contributed by atoms with van der Waals surface area (Å²) in [4.78, 5) is 39.3. The van der Waals surface area contributed by atoms with Gasteiger partial charge in [-0.15, -0.1) is 0 Å². The molecule has 1 saturated carbocycles. The number of benzene rings is 2. The van der Waals surface area contributed by atoms with Crippen LogP contribution in [0, 0.1) is 11.8 Å². The lowest BCUT2D eigenvalue weighted by Gasteiger charge is -2.29. The Bertz CT molecular complexity index is 800. The Morgan fingerprint density at radius 3 is 1.96 bits per heavy atom. The second-order valence-electron chi connectivity index (χ2n) is 6.44. The maximum atomic E-state index is 13.0. The van der Waals surface area contributed by atoms with Crippen molar-refractivity contribution in [3.8, 4) is 0 Å². The predicted octanol–water partition coefficient (Wildman–Crippen LogP) is 2.94. The SMILES string of the molecule is O=C1C[C@@H]2C(=O)N(c3ccccc3)C(=O)[C@@H]2[C@H](c2ccccc2)C1. The minimum Gasteiger partial charge on any atom is -0.300 e. The van der Waals surface area contributed by atoms with E-state index in [1.807, 2.05) is 36.4 Å². The summed E-state index contributed by atoms with van der Waals surface area (Å²) in [6, 6.07) is 18.5. The molecule has 0 radical (unpaired) electrons. The number of imide groups is 1. The number of anilines is 1. The zero-order valence-electron chi connectivity index (χ0n) is 13.1. The number of nitrogens with zero attached hydrogens (tertiary/aromatic N) is 1. The lowest BCUT2D eigenvalue weighted by atomic mass is 9.70. The van der Waals surface area contributed by atoms with E-state index in [1.54, 1.807) is 24.3 Å². The number of hydrogen-bond donors (Lipinski definition) is 0. The molecule has 0 unspecified atom stereocenters. The van der Waals surface area contributed by atoms with Crippen LogP contribution in [0.15, 0.2) is 60.7 Å². The molecule has 1 heterocycles. The Hall–Kier alpha value is -2.75. The smallest absolute Gasteiger partial charge is 0.238 e. The maximum Gasteiger partial charge on any atom is 0.238 e. The maximum absolute atomic E-state index is 13.0. The lowest BCUT2D eigenvalue weighted by molar-refractivity contribution is -0.130. The van der Waals surface area contributed by atoms with Crippen molar-refractivity contribution in [1.29, 1.82) is 0 Å². The molecule has 2 fully saturated rings. The van der Waals surface area contributed by atoms with Gasteiger partial charge in [0.25, 0.3) is 0 Å². The molecule has 4 rings (SSSR count). The van der Waals surface area contributed by atoms with Crippen molar-refractivity contribution in [2.75, 3.05) is 4.90 Å². The molecule has 1 saturated heterocycles. The zero-order valence-corrected chi connectivity index (χ0v) is 13.1. The molecule has 2 aliphatic rings. The molecule has 2 aromatic carbocycles. The van der Waals surface area contributed by atoms with E-state index in [2.05, 4.69) is 0 Å². The number of fused-ring (bicyclic) bond motifs is 1. The van der Waals surface area contributed by atoms with Gasteiger partial charge in [-0.25, -0.2) is 0 Å². The first-order chi connectivity index (χ1) is 11.7. The second-order valence-corrected chi connectivity index (χ2v) is 6.44. The monoisotopic (exact) mass is 319 g/mol. The van der Waals surface area contributed by atoms with E-state index in [9.17, 15) is 14.4 Å². The summed E-state index contributed by atoms with van der Waals surface area (Å²) in [6.07, 6.45) is 0.495. The van der Waals surface area contributed by atoms with Crippen LogP contribution in [-0.2, 0) is 14.4 Å². The van der Waals surface area contributed by atoms with Crippen LogP contribution < -0.4 is 4.90 Å². The molecule has 0 bridgehead atoms. The molecule has 0 aromatic heterocycles. The van der Waals surface area contributed by atoms with E-state index in [0.717, 1.165) is 5.56 Å². The molecule has 2 amide bonds. The van der Waals surface area contributed by atoms with Crippen molar-refractivity contribution >= 4 is 23.3 Å². The van der Waals surface area contributed by atoms with Gasteiger partial charge in [0.05, 0.1) is 17.5 Å². The van der Waals surface area contributed by atoms with E-state index in [4.69, 9.17) is 0 Å². The third kappa shape index (κ3) is 2.26. The van der Waals surface area contributed by atoms with Gasteiger partial charge in [0.15, 0.2) is 0 Å². The number of para-hydroxylation sites is 1. The van der Waals surface area contributed by atoms with Crippen molar-refractivity contribution in [3.05, 3.63) is 66.2 Å². The van der Waals surface area contributed by atoms with Crippen LogP contribution in [0.3, 0.4) is 0 Å². The van der Waals surface area contributed by atoms with Crippen LogP contribution in [0.2, 0.25) is 0 Å². The number of carbonyl (C=O) groups is 3. The van der Waals surface area contributed by atoms with Crippen LogP contribution in [0.5, 0.6) is 0 Å². The molecule has 3 atom stereocenters. The summed E-state index contributed by atoms with van der Waals surface area (Å²) < 4.78 is 0. The van der Waals surface area contributed by atoms with Crippen molar-refractivity contribution in [1.82, 2.24) is 0 Å². The minimum atomic E-state index is -0.538. The van der Waals surface area contributed by atoms with E-state index < -0.39 is 11.8 Å². The van der Waals surface area contributed by atoms with Gasteiger partial charge in [-0.3, -0.25) is 19.3 Å². The Morgan fingerprint density at radius 2 is 1.29 bits per heavy atom.